The van der Waals surface area contributed by atoms with E-state index in [0.717, 1.165) is 12.1 Å². The molecule has 20 heavy (non-hydrogen) atoms. The number of nitrogen functional groups attached to an aromatic ring is 1. The van der Waals surface area contributed by atoms with Crippen LogP contribution in [0.5, 0.6) is 0 Å². The zero-order valence-electron chi connectivity index (χ0n) is 11.3. The minimum Gasteiger partial charge on any atom is -0.396 e. The summed E-state index contributed by atoms with van der Waals surface area (Å²) in [7, 11) is 0. The van der Waals surface area contributed by atoms with Crippen molar-refractivity contribution in [3.63, 3.8) is 0 Å². The van der Waals surface area contributed by atoms with Crippen molar-refractivity contribution in [2.45, 2.75) is 13.8 Å². The van der Waals surface area contributed by atoms with Gasteiger partial charge in [-0.15, -0.1) is 0 Å². The molecule has 0 aliphatic carbocycles. The molecule has 0 radical (unpaired) electrons. The largest absolute Gasteiger partial charge is 0.396 e. The van der Waals surface area contributed by atoms with E-state index in [1.54, 1.807) is 0 Å². The number of hydrogen-bond acceptors (Lipinski definition) is 3. The Hall–Kier alpha value is -2.18. The lowest BCUT2D eigenvalue weighted by atomic mass is 10.1. The van der Waals surface area contributed by atoms with Gasteiger partial charge in [0, 0.05) is 6.54 Å². The van der Waals surface area contributed by atoms with Crippen LogP contribution >= 0.6 is 0 Å². The SMILES string of the molecule is CC(C)CNC(=O)CNC(=O)c1c(F)ccc(N)c1F. The van der Waals surface area contributed by atoms with Gasteiger partial charge >= 0.3 is 0 Å². The highest BCUT2D eigenvalue weighted by atomic mass is 19.1. The van der Waals surface area contributed by atoms with Crippen LogP contribution in [-0.4, -0.2) is 24.9 Å². The van der Waals surface area contributed by atoms with E-state index < -0.39 is 29.0 Å². The van der Waals surface area contributed by atoms with Gasteiger partial charge in [-0.05, 0) is 18.1 Å². The van der Waals surface area contributed by atoms with Crippen LogP contribution in [0.1, 0.15) is 24.2 Å². The second kappa shape index (κ2) is 6.83. The number of halogens is 2. The highest BCUT2D eigenvalue weighted by molar-refractivity contribution is 5.97. The summed E-state index contributed by atoms with van der Waals surface area (Å²) in [5.41, 5.74) is 4.14. The molecule has 1 aromatic rings. The van der Waals surface area contributed by atoms with Gasteiger partial charge in [0.1, 0.15) is 11.4 Å². The average Bonchev–Trinajstić information content (AvgIpc) is 2.38. The third-order valence-electron chi connectivity index (χ3n) is 2.47. The molecule has 0 spiro atoms. The molecule has 110 valence electrons. The van der Waals surface area contributed by atoms with Crippen LogP contribution in [0.2, 0.25) is 0 Å². The van der Waals surface area contributed by atoms with E-state index in [2.05, 4.69) is 10.6 Å². The quantitative estimate of drug-likeness (QED) is 0.707. The lowest BCUT2D eigenvalue weighted by Crippen LogP contribution is -2.38. The smallest absolute Gasteiger partial charge is 0.257 e. The molecule has 5 nitrogen and oxygen atoms in total. The molecule has 1 aromatic carbocycles. The molecule has 0 aliphatic rings. The molecule has 0 atom stereocenters. The van der Waals surface area contributed by atoms with Crippen LogP contribution in [0.25, 0.3) is 0 Å². The van der Waals surface area contributed by atoms with Gasteiger partial charge in [-0.3, -0.25) is 9.59 Å². The van der Waals surface area contributed by atoms with Crippen LogP contribution in [0.4, 0.5) is 14.5 Å². The van der Waals surface area contributed by atoms with E-state index in [4.69, 9.17) is 5.73 Å². The number of benzene rings is 1. The number of anilines is 1. The Bertz CT molecular complexity index is 519. The monoisotopic (exact) mass is 285 g/mol. The van der Waals surface area contributed by atoms with E-state index in [1.165, 1.54) is 0 Å². The third-order valence-corrected chi connectivity index (χ3v) is 2.47. The van der Waals surface area contributed by atoms with Crippen LogP contribution in [0, 0.1) is 17.6 Å². The molecule has 0 fully saturated rings. The summed E-state index contributed by atoms with van der Waals surface area (Å²) >= 11 is 0. The molecule has 4 N–H and O–H groups in total. The van der Waals surface area contributed by atoms with Crippen molar-refractivity contribution in [3.05, 3.63) is 29.3 Å². The Morgan fingerprint density at radius 1 is 1.25 bits per heavy atom. The van der Waals surface area contributed by atoms with Crippen molar-refractivity contribution >= 4 is 17.5 Å². The number of carbonyl (C=O) groups excluding carboxylic acids is 2. The first-order valence-corrected chi connectivity index (χ1v) is 6.11. The average molecular weight is 285 g/mol. The maximum atomic E-state index is 13.6. The highest BCUT2D eigenvalue weighted by Crippen LogP contribution is 2.18. The summed E-state index contributed by atoms with van der Waals surface area (Å²) in [6.07, 6.45) is 0. The zero-order valence-corrected chi connectivity index (χ0v) is 11.3. The van der Waals surface area contributed by atoms with E-state index >= 15 is 0 Å². The lowest BCUT2D eigenvalue weighted by molar-refractivity contribution is -0.120. The Labute approximate surface area is 115 Å². The van der Waals surface area contributed by atoms with Crippen LogP contribution in [0.3, 0.4) is 0 Å². The van der Waals surface area contributed by atoms with Crippen molar-refractivity contribution in [1.82, 2.24) is 10.6 Å². The second-order valence-corrected chi connectivity index (χ2v) is 4.71. The summed E-state index contributed by atoms with van der Waals surface area (Å²) in [6.45, 7) is 3.92. The molecule has 7 heteroatoms. The molecular weight excluding hydrogens is 268 g/mol. The number of rotatable bonds is 5. The molecule has 1 rings (SSSR count). The fraction of sp³-hybridized carbons (Fsp3) is 0.385. The van der Waals surface area contributed by atoms with Gasteiger partial charge in [-0.1, -0.05) is 13.8 Å². The topological polar surface area (TPSA) is 84.2 Å². The van der Waals surface area contributed by atoms with Crippen LogP contribution in [0.15, 0.2) is 12.1 Å². The van der Waals surface area contributed by atoms with Gasteiger partial charge in [-0.2, -0.15) is 0 Å². The van der Waals surface area contributed by atoms with E-state index in [-0.39, 0.29) is 18.2 Å². The molecule has 0 heterocycles. The first-order chi connectivity index (χ1) is 9.32. The molecular formula is C13H17F2N3O2. The number of nitrogens with two attached hydrogens (primary N) is 1. The maximum Gasteiger partial charge on any atom is 0.257 e. The number of amides is 2. The number of hydrogen-bond donors (Lipinski definition) is 3. The van der Waals surface area contributed by atoms with E-state index in [9.17, 15) is 18.4 Å². The molecule has 0 unspecified atom stereocenters. The maximum absolute atomic E-state index is 13.6. The fourth-order valence-corrected chi connectivity index (χ4v) is 1.41. The molecule has 0 saturated heterocycles. The summed E-state index contributed by atoms with van der Waals surface area (Å²) < 4.78 is 27.0. The van der Waals surface area contributed by atoms with Gasteiger partial charge in [0.15, 0.2) is 5.82 Å². The summed E-state index contributed by atoms with van der Waals surface area (Å²) in [4.78, 5) is 23.0. The number of carbonyl (C=O) groups is 2. The Balaban J connectivity index is 2.64. The number of nitrogens with one attached hydrogen (secondary N) is 2. The third kappa shape index (κ3) is 4.18. The van der Waals surface area contributed by atoms with Gasteiger partial charge in [0.2, 0.25) is 5.91 Å². The molecule has 0 aromatic heterocycles. The Kier molecular flexibility index (Phi) is 5.42. The normalized spacial score (nSPS) is 10.4. The minimum absolute atomic E-state index is 0.262. The molecule has 0 aliphatic heterocycles. The summed E-state index contributed by atoms with van der Waals surface area (Å²) in [6, 6.07) is 1.92. The van der Waals surface area contributed by atoms with E-state index in [1.807, 2.05) is 13.8 Å². The second-order valence-electron chi connectivity index (χ2n) is 4.71. The summed E-state index contributed by atoms with van der Waals surface area (Å²) in [5.74, 6) is -3.36. The van der Waals surface area contributed by atoms with Crippen molar-refractivity contribution < 1.29 is 18.4 Å². The van der Waals surface area contributed by atoms with E-state index in [0.29, 0.717) is 6.54 Å². The molecule has 0 bridgehead atoms. The standard InChI is InChI=1S/C13H17F2N3O2/c1-7(2)5-17-10(19)6-18-13(20)11-8(14)3-4-9(16)12(11)15/h3-4,7H,5-6,16H2,1-2H3,(H,17,19)(H,18,20). The van der Waals surface area contributed by atoms with Gasteiger partial charge in [0.05, 0.1) is 12.2 Å². The first kappa shape index (κ1) is 15.9. The fourth-order valence-electron chi connectivity index (χ4n) is 1.41. The van der Waals surface area contributed by atoms with Crippen molar-refractivity contribution in [1.29, 1.82) is 0 Å². The van der Waals surface area contributed by atoms with Crippen molar-refractivity contribution in [2.24, 2.45) is 5.92 Å². The van der Waals surface area contributed by atoms with Gasteiger partial charge in [-0.25, -0.2) is 8.78 Å². The predicted octanol–water partition coefficient (Wildman–Crippen LogP) is 1.05. The molecule has 2 amide bonds. The zero-order chi connectivity index (χ0) is 15.3. The lowest BCUT2D eigenvalue weighted by Gasteiger charge is -2.10. The van der Waals surface area contributed by atoms with Crippen LogP contribution < -0.4 is 16.4 Å². The first-order valence-electron chi connectivity index (χ1n) is 6.11. The Morgan fingerprint density at radius 3 is 2.50 bits per heavy atom. The van der Waals surface area contributed by atoms with Crippen molar-refractivity contribution in [3.8, 4) is 0 Å². The van der Waals surface area contributed by atoms with Gasteiger partial charge in [0.25, 0.3) is 5.91 Å². The van der Waals surface area contributed by atoms with Crippen LogP contribution in [-0.2, 0) is 4.79 Å². The molecule has 0 saturated carbocycles. The van der Waals surface area contributed by atoms with Crippen molar-refractivity contribution in [2.75, 3.05) is 18.8 Å². The minimum atomic E-state index is -1.13. The Morgan fingerprint density at radius 2 is 1.90 bits per heavy atom. The van der Waals surface area contributed by atoms with Gasteiger partial charge < -0.3 is 16.4 Å². The summed E-state index contributed by atoms with van der Waals surface area (Å²) in [5, 5.41) is 4.71. The predicted molar refractivity (Wildman–Crippen MR) is 71.0 cm³/mol. The highest BCUT2D eigenvalue weighted by Gasteiger charge is 2.19.